The molecule has 0 fully saturated rings. The van der Waals surface area contributed by atoms with Gasteiger partial charge in [-0.3, -0.25) is 0 Å². The summed E-state index contributed by atoms with van der Waals surface area (Å²) in [5.74, 6) is 0. The van der Waals surface area contributed by atoms with Gasteiger partial charge in [-0.1, -0.05) is 13.3 Å². The van der Waals surface area contributed by atoms with E-state index in [4.69, 9.17) is 14.6 Å². The Labute approximate surface area is 75.5 Å². The Morgan fingerprint density at radius 3 is 2.42 bits per heavy atom. The van der Waals surface area contributed by atoms with Crippen LogP contribution in [0.25, 0.3) is 0 Å². The minimum absolute atomic E-state index is 0.108. The van der Waals surface area contributed by atoms with Crippen LogP contribution in [0.5, 0.6) is 0 Å². The van der Waals surface area contributed by atoms with Crippen molar-refractivity contribution >= 4 is 8.32 Å². The summed E-state index contributed by atoms with van der Waals surface area (Å²) in [7, 11) is -1.96. The quantitative estimate of drug-likeness (QED) is 0.465. The van der Waals surface area contributed by atoms with E-state index in [1.807, 2.05) is 6.55 Å². The summed E-state index contributed by atoms with van der Waals surface area (Å²) in [6.45, 7) is 4.90. The van der Waals surface area contributed by atoms with Crippen LogP contribution in [0.1, 0.15) is 19.8 Å². The minimum atomic E-state index is -1.96. The molecular weight excluding hydrogens is 172 g/mol. The molecule has 0 aromatic rings. The largest absolute Gasteiger partial charge is 0.415 e. The molecule has 0 radical (unpaired) electrons. The number of hydrogen-bond donors (Lipinski definition) is 2. The summed E-state index contributed by atoms with van der Waals surface area (Å²) in [5, 5.41) is 17.8. The van der Waals surface area contributed by atoms with Gasteiger partial charge in [0.05, 0.1) is 6.23 Å². The van der Waals surface area contributed by atoms with Crippen molar-refractivity contribution in [3.63, 3.8) is 0 Å². The minimum Gasteiger partial charge on any atom is -0.415 e. The molecule has 0 aliphatic carbocycles. The Hall–Kier alpha value is 0.0969. The molecule has 2 N–H and O–H groups in total. The van der Waals surface area contributed by atoms with Crippen molar-refractivity contribution in [2.24, 2.45) is 0 Å². The van der Waals surface area contributed by atoms with Crippen LogP contribution in [0.15, 0.2) is 0 Å². The van der Waals surface area contributed by atoms with Crippen LogP contribution in [0.3, 0.4) is 0 Å². The van der Waals surface area contributed by atoms with Crippen molar-refractivity contribution < 1.29 is 14.6 Å². The zero-order chi connectivity index (χ0) is 9.45. The summed E-state index contributed by atoms with van der Waals surface area (Å²) >= 11 is 0. The number of aliphatic hydroxyl groups is 2. The fourth-order valence-electron chi connectivity index (χ4n) is 0.896. The van der Waals surface area contributed by atoms with Gasteiger partial charge in [0.15, 0.2) is 0 Å². The molecule has 0 saturated carbocycles. The molecule has 1 atom stereocenters. The molecule has 1 unspecified atom stereocenters. The van der Waals surface area contributed by atoms with E-state index in [-0.39, 0.29) is 12.8 Å². The van der Waals surface area contributed by atoms with E-state index >= 15 is 0 Å². The third kappa shape index (κ3) is 4.87. The lowest BCUT2D eigenvalue weighted by Crippen LogP contribution is -2.40. The SMILES string of the molecule is CCCCO[Si](C)(CO)CCO. The molecule has 0 aromatic carbocycles. The first-order chi connectivity index (χ1) is 5.68. The lowest BCUT2D eigenvalue weighted by Gasteiger charge is -2.24. The van der Waals surface area contributed by atoms with Gasteiger partial charge >= 0.3 is 0 Å². The van der Waals surface area contributed by atoms with Gasteiger partial charge in [0.25, 0.3) is 0 Å². The van der Waals surface area contributed by atoms with Gasteiger partial charge in [-0.05, 0) is 19.0 Å². The summed E-state index contributed by atoms with van der Waals surface area (Å²) < 4.78 is 5.59. The predicted molar refractivity (Wildman–Crippen MR) is 51.5 cm³/mol. The zero-order valence-corrected chi connectivity index (χ0v) is 9.05. The molecule has 0 aliphatic rings. The lowest BCUT2D eigenvalue weighted by molar-refractivity contribution is 0.239. The maximum atomic E-state index is 9.04. The highest BCUT2D eigenvalue weighted by atomic mass is 28.4. The molecule has 4 heteroatoms. The van der Waals surface area contributed by atoms with Crippen molar-refractivity contribution in [1.29, 1.82) is 0 Å². The smallest absolute Gasteiger partial charge is 0.216 e. The normalized spacial score (nSPS) is 16.0. The fourth-order valence-corrected chi connectivity index (χ4v) is 2.40. The number of aliphatic hydroxyl groups excluding tert-OH is 2. The second-order valence-corrected chi connectivity index (χ2v) is 7.29. The average Bonchev–Trinajstić information content (AvgIpc) is 2.06. The molecule has 0 amide bonds. The highest BCUT2D eigenvalue weighted by Crippen LogP contribution is 2.10. The highest BCUT2D eigenvalue weighted by Gasteiger charge is 2.27. The third-order valence-corrected chi connectivity index (χ3v) is 4.77. The van der Waals surface area contributed by atoms with E-state index in [1.54, 1.807) is 0 Å². The number of unbranched alkanes of at least 4 members (excludes halogenated alkanes) is 1. The molecule has 0 spiro atoms. The van der Waals surface area contributed by atoms with Crippen molar-refractivity contribution in [2.75, 3.05) is 19.4 Å². The topological polar surface area (TPSA) is 49.7 Å². The Bertz CT molecular complexity index is 110. The van der Waals surface area contributed by atoms with Crippen LogP contribution in [0.4, 0.5) is 0 Å². The lowest BCUT2D eigenvalue weighted by atomic mass is 10.4. The predicted octanol–water partition coefficient (Wildman–Crippen LogP) is 0.902. The van der Waals surface area contributed by atoms with E-state index in [0.29, 0.717) is 6.04 Å². The Balaban J connectivity index is 3.63. The molecule has 74 valence electrons. The first-order valence-electron chi connectivity index (χ1n) is 4.54. The van der Waals surface area contributed by atoms with Gasteiger partial charge < -0.3 is 14.6 Å². The van der Waals surface area contributed by atoms with Gasteiger partial charge in [0.2, 0.25) is 8.32 Å². The molecule has 0 bridgehead atoms. The molecule has 0 saturated heterocycles. The summed E-state index contributed by atoms with van der Waals surface area (Å²) in [5.41, 5.74) is 0. The average molecular weight is 192 g/mol. The first-order valence-corrected chi connectivity index (χ1v) is 7.36. The second-order valence-electron chi connectivity index (χ2n) is 3.28. The van der Waals surface area contributed by atoms with E-state index in [2.05, 4.69) is 6.92 Å². The van der Waals surface area contributed by atoms with E-state index < -0.39 is 8.32 Å². The molecule has 0 aromatic heterocycles. The second kappa shape index (κ2) is 6.60. The van der Waals surface area contributed by atoms with Gasteiger partial charge in [0, 0.05) is 13.2 Å². The van der Waals surface area contributed by atoms with Crippen LogP contribution < -0.4 is 0 Å². The third-order valence-electron chi connectivity index (χ3n) is 1.92. The highest BCUT2D eigenvalue weighted by molar-refractivity contribution is 6.72. The van der Waals surface area contributed by atoms with Crippen LogP contribution in [-0.2, 0) is 4.43 Å². The van der Waals surface area contributed by atoms with Crippen molar-refractivity contribution in [3.8, 4) is 0 Å². The van der Waals surface area contributed by atoms with Gasteiger partial charge in [-0.2, -0.15) is 0 Å². The van der Waals surface area contributed by atoms with Crippen LogP contribution >= 0.6 is 0 Å². The van der Waals surface area contributed by atoms with Gasteiger partial charge in [-0.25, -0.2) is 0 Å². The molecule has 0 heterocycles. The van der Waals surface area contributed by atoms with Crippen molar-refractivity contribution in [2.45, 2.75) is 32.4 Å². The first kappa shape index (κ1) is 12.1. The zero-order valence-electron chi connectivity index (χ0n) is 8.05. The van der Waals surface area contributed by atoms with Gasteiger partial charge in [0.1, 0.15) is 0 Å². The van der Waals surface area contributed by atoms with E-state index in [9.17, 15) is 0 Å². The number of rotatable bonds is 7. The standard InChI is InChI=1S/C8H20O3Si/c1-3-4-6-11-12(2,8-10)7-5-9/h9-10H,3-8H2,1-2H3. The van der Waals surface area contributed by atoms with Gasteiger partial charge in [-0.15, -0.1) is 0 Å². The van der Waals surface area contributed by atoms with Crippen LogP contribution in [-0.4, -0.2) is 38.0 Å². The maximum Gasteiger partial charge on any atom is 0.216 e. The molecule has 3 nitrogen and oxygen atoms in total. The van der Waals surface area contributed by atoms with E-state index in [0.717, 1.165) is 19.4 Å². The van der Waals surface area contributed by atoms with Crippen molar-refractivity contribution in [1.82, 2.24) is 0 Å². The van der Waals surface area contributed by atoms with Crippen LogP contribution in [0, 0.1) is 0 Å². The summed E-state index contributed by atoms with van der Waals surface area (Å²) in [6, 6.07) is 0.632. The maximum absolute atomic E-state index is 9.04. The molecule has 0 aliphatic heterocycles. The Morgan fingerprint density at radius 1 is 1.33 bits per heavy atom. The molecule has 12 heavy (non-hydrogen) atoms. The summed E-state index contributed by atoms with van der Waals surface area (Å²) in [4.78, 5) is 0. The van der Waals surface area contributed by atoms with Crippen LogP contribution in [0.2, 0.25) is 12.6 Å². The molecular formula is C8H20O3Si. The number of hydrogen-bond acceptors (Lipinski definition) is 3. The summed E-state index contributed by atoms with van der Waals surface area (Å²) in [6.07, 6.45) is 2.25. The Morgan fingerprint density at radius 2 is 2.00 bits per heavy atom. The Kier molecular flexibility index (Phi) is 6.65. The molecule has 0 rings (SSSR count). The van der Waals surface area contributed by atoms with E-state index in [1.165, 1.54) is 0 Å². The van der Waals surface area contributed by atoms with Crippen molar-refractivity contribution in [3.05, 3.63) is 0 Å². The fraction of sp³-hybridized carbons (Fsp3) is 1.00. The monoisotopic (exact) mass is 192 g/mol.